The molecule has 1 atom stereocenters. The lowest BCUT2D eigenvalue weighted by Crippen LogP contribution is -2.30. The molecule has 2 heterocycles. The summed E-state index contributed by atoms with van der Waals surface area (Å²) in [4.78, 5) is 32.1. The molecule has 4 aromatic rings. The molecule has 3 aromatic carbocycles. The first-order valence-corrected chi connectivity index (χ1v) is 11.8. The number of nitrogens with zero attached hydrogens (tertiary/aromatic N) is 2. The van der Waals surface area contributed by atoms with E-state index in [4.69, 9.17) is 4.74 Å². The predicted octanol–water partition coefficient (Wildman–Crippen LogP) is 6.12. The molecule has 1 aliphatic heterocycles. The molecule has 0 fully saturated rings. The number of aromatic nitrogens is 1. The fourth-order valence-electron chi connectivity index (χ4n) is 3.90. The van der Waals surface area contributed by atoms with Crippen molar-refractivity contribution in [1.29, 1.82) is 0 Å². The average molecular weight is 481 g/mol. The molecule has 0 radical (unpaired) electrons. The zero-order valence-electron chi connectivity index (χ0n) is 18.4. The summed E-state index contributed by atoms with van der Waals surface area (Å²) in [5.41, 5.74) is 1.44. The smallest absolute Gasteiger partial charge is 0.296 e. The van der Waals surface area contributed by atoms with Gasteiger partial charge in [-0.25, -0.2) is 4.98 Å². The molecule has 5 rings (SSSR count). The average Bonchev–Trinajstić information content (AvgIpc) is 3.51. The summed E-state index contributed by atoms with van der Waals surface area (Å²) in [6.07, 6.45) is 4.60. The SMILES string of the molecule is O=C(/C=C/c1ccccc1)C1=C(O)C(=O)N(c2nccs2)C1c1cccc(Oc2ccccc2)c1. The van der Waals surface area contributed by atoms with Crippen LogP contribution in [0.3, 0.4) is 0 Å². The first kappa shape index (κ1) is 22.3. The van der Waals surface area contributed by atoms with E-state index in [1.54, 1.807) is 41.9 Å². The second kappa shape index (κ2) is 9.79. The first-order chi connectivity index (χ1) is 17.1. The number of hydrogen-bond acceptors (Lipinski definition) is 6. The fourth-order valence-corrected chi connectivity index (χ4v) is 4.57. The Morgan fingerprint density at radius 1 is 0.971 bits per heavy atom. The van der Waals surface area contributed by atoms with Crippen LogP contribution in [0, 0.1) is 0 Å². The van der Waals surface area contributed by atoms with Gasteiger partial charge in [-0.1, -0.05) is 66.7 Å². The van der Waals surface area contributed by atoms with Crippen molar-refractivity contribution in [2.75, 3.05) is 4.90 Å². The Balaban J connectivity index is 1.54. The Hall–Kier alpha value is -4.49. The van der Waals surface area contributed by atoms with Gasteiger partial charge < -0.3 is 9.84 Å². The van der Waals surface area contributed by atoms with Gasteiger partial charge in [0.15, 0.2) is 16.7 Å². The van der Waals surface area contributed by atoms with Crippen LogP contribution in [0.1, 0.15) is 17.2 Å². The number of aliphatic hydroxyl groups is 1. The number of thiazole rings is 1. The van der Waals surface area contributed by atoms with Crippen LogP contribution < -0.4 is 9.64 Å². The van der Waals surface area contributed by atoms with Gasteiger partial charge in [-0.15, -0.1) is 11.3 Å². The molecule has 0 aliphatic carbocycles. The summed E-state index contributed by atoms with van der Waals surface area (Å²) in [7, 11) is 0. The molecule has 35 heavy (non-hydrogen) atoms. The fraction of sp³-hybridized carbons (Fsp3) is 0.0357. The highest BCUT2D eigenvalue weighted by Crippen LogP contribution is 2.42. The summed E-state index contributed by atoms with van der Waals surface area (Å²) < 4.78 is 5.97. The van der Waals surface area contributed by atoms with Crippen molar-refractivity contribution < 1.29 is 19.4 Å². The molecule has 1 unspecified atom stereocenters. The zero-order chi connectivity index (χ0) is 24.2. The molecule has 1 aromatic heterocycles. The number of amides is 1. The maximum Gasteiger partial charge on any atom is 0.296 e. The van der Waals surface area contributed by atoms with Crippen LogP contribution in [0.25, 0.3) is 6.08 Å². The number of benzene rings is 3. The number of aliphatic hydroxyl groups excluding tert-OH is 1. The number of allylic oxidation sites excluding steroid dienone is 1. The Bertz CT molecular complexity index is 1410. The minimum absolute atomic E-state index is 0.00533. The number of para-hydroxylation sites is 1. The van der Waals surface area contributed by atoms with Crippen LogP contribution in [-0.2, 0) is 9.59 Å². The maximum absolute atomic E-state index is 13.3. The van der Waals surface area contributed by atoms with Crippen LogP contribution >= 0.6 is 11.3 Å². The standard InChI is InChI=1S/C28H20N2O4S/c31-23(15-14-19-8-3-1-4-9-19)24-25(30(27(33)26(24)32)28-29-16-17-35-28)20-10-7-13-22(18-20)34-21-11-5-2-6-12-21/h1-18,25,32H/b15-14+. The minimum Gasteiger partial charge on any atom is -0.503 e. The Labute approximate surface area is 206 Å². The minimum atomic E-state index is -0.860. The Morgan fingerprint density at radius 2 is 1.69 bits per heavy atom. The van der Waals surface area contributed by atoms with E-state index in [-0.39, 0.29) is 5.57 Å². The van der Waals surface area contributed by atoms with E-state index in [1.807, 2.05) is 60.7 Å². The molecular formula is C28H20N2O4S. The van der Waals surface area contributed by atoms with Crippen LogP contribution in [0.2, 0.25) is 0 Å². The van der Waals surface area contributed by atoms with E-state index in [9.17, 15) is 14.7 Å². The molecule has 0 saturated carbocycles. The van der Waals surface area contributed by atoms with Gasteiger partial charge in [0.05, 0.1) is 11.6 Å². The molecule has 0 saturated heterocycles. The molecule has 7 heteroatoms. The van der Waals surface area contributed by atoms with Gasteiger partial charge in [0.25, 0.3) is 5.91 Å². The number of ketones is 1. The Morgan fingerprint density at radius 3 is 2.40 bits per heavy atom. The quantitative estimate of drug-likeness (QED) is 0.323. The molecule has 0 bridgehead atoms. The highest BCUT2D eigenvalue weighted by Gasteiger charge is 2.45. The number of carbonyl (C=O) groups excluding carboxylic acids is 2. The van der Waals surface area contributed by atoms with Crippen molar-refractivity contribution in [3.05, 3.63) is 125 Å². The highest BCUT2D eigenvalue weighted by molar-refractivity contribution is 7.13. The van der Waals surface area contributed by atoms with E-state index < -0.39 is 23.5 Å². The molecule has 1 N–H and O–H groups in total. The van der Waals surface area contributed by atoms with Gasteiger partial charge in [-0.05, 0) is 41.5 Å². The third kappa shape index (κ3) is 4.62. The van der Waals surface area contributed by atoms with E-state index >= 15 is 0 Å². The molecule has 1 aliphatic rings. The number of carbonyl (C=O) groups is 2. The van der Waals surface area contributed by atoms with Crippen molar-refractivity contribution in [2.45, 2.75) is 6.04 Å². The molecule has 1 amide bonds. The van der Waals surface area contributed by atoms with Crippen LogP contribution in [0.4, 0.5) is 5.13 Å². The molecular weight excluding hydrogens is 460 g/mol. The zero-order valence-corrected chi connectivity index (χ0v) is 19.3. The largest absolute Gasteiger partial charge is 0.503 e. The molecule has 172 valence electrons. The van der Waals surface area contributed by atoms with Crippen LogP contribution in [-0.4, -0.2) is 21.8 Å². The number of rotatable bonds is 7. The van der Waals surface area contributed by atoms with Crippen molar-refractivity contribution in [3.63, 3.8) is 0 Å². The van der Waals surface area contributed by atoms with Crippen molar-refractivity contribution >= 4 is 34.2 Å². The predicted molar refractivity (Wildman–Crippen MR) is 135 cm³/mol. The van der Waals surface area contributed by atoms with E-state index in [0.717, 1.165) is 5.56 Å². The lowest BCUT2D eigenvalue weighted by Gasteiger charge is -2.24. The van der Waals surface area contributed by atoms with Gasteiger partial charge in [0.1, 0.15) is 11.5 Å². The van der Waals surface area contributed by atoms with Crippen molar-refractivity contribution in [3.8, 4) is 11.5 Å². The number of anilines is 1. The van der Waals surface area contributed by atoms with Crippen molar-refractivity contribution in [2.24, 2.45) is 0 Å². The number of ether oxygens (including phenoxy) is 1. The highest BCUT2D eigenvalue weighted by atomic mass is 32.1. The summed E-state index contributed by atoms with van der Waals surface area (Å²) in [5, 5.41) is 12.9. The number of hydrogen-bond donors (Lipinski definition) is 1. The topological polar surface area (TPSA) is 79.7 Å². The summed E-state index contributed by atoms with van der Waals surface area (Å²) in [6, 6.07) is 24.9. The second-order valence-electron chi connectivity index (χ2n) is 7.75. The molecule has 6 nitrogen and oxygen atoms in total. The maximum atomic E-state index is 13.3. The lowest BCUT2D eigenvalue weighted by molar-refractivity contribution is -0.117. The van der Waals surface area contributed by atoms with E-state index in [0.29, 0.717) is 22.2 Å². The second-order valence-corrected chi connectivity index (χ2v) is 8.62. The van der Waals surface area contributed by atoms with Gasteiger partial charge in [-0.3, -0.25) is 14.5 Å². The normalized spacial score (nSPS) is 15.7. The van der Waals surface area contributed by atoms with Crippen LogP contribution in [0.5, 0.6) is 11.5 Å². The van der Waals surface area contributed by atoms with Gasteiger partial charge in [-0.2, -0.15) is 0 Å². The summed E-state index contributed by atoms with van der Waals surface area (Å²) >= 11 is 1.25. The third-order valence-corrected chi connectivity index (χ3v) is 6.25. The Kier molecular flexibility index (Phi) is 6.24. The van der Waals surface area contributed by atoms with Crippen molar-refractivity contribution in [1.82, 2.24) is 4.98 Å². The van der Waals surface area contributed by atoms with E-state index in [1.165, 1.54) is 22.3 Å². The van der Waals surface area contributed by atoms with Gasteiger partial charge in [0.2, 0.25) is 0 Å². The van der Waals surface area contributed by atoms with E-state index in [2.05, 4.69) is 4.98 Å². The molecule has 0 spiro atoms. The monoisotopic (exact) mass is 480 g/mol. The van der Waals surface area contributed by atoms with Gasteiger partial charge in [0, 0.05) is 11.6 Å². The third-order valence-electron chi connectivity index (χ3n) is 5.48. The first-order valence-electron chi connectivity index (χ1n) is 10.9. The summed E-state index contributed by atoms with van der Waals surface area (Å²) in [6.45, 7) is 0. The summed E-state index contributed by atoms with van der Waals surface area (Å²) in [5.74, 6) is -0.515. The van der Waals surface area contributed by atoms with Crippen LogP contribution in [0.15, 0.2) is 114 Å². The lowest BCUT2D eigenvalue weighted by atomic mass is 9.95. The van der Waals surface area contributed by atoms with Gasteiger partial charge >= 0.3 is 0 Å².